The average Bonchev–Trinajstić information content (AvgIpc) is 2.41. The maximum Gasteiger partial charge on any atom is 0.0411 e. The molecule has 0 saturated heterocycles. The first-order chi connectivity index (χ1) is 7.25. The summed E-state index contributed by atoms with van der Waals surface area (Å²) in [5.74, 6) is 0. The Bertz CT molecular complexity index is 379. The van der Waals surface area contributed by atoms with Gasteiger partial charge < -0.3 is 10.6 Å². The molecule has 2 heteroatoms. The Labute approximate surface area is 90.7 Å². The quantitative estimate of drug-likeness (QED) is 0.749. The van der Waals surface area contributed by atoms with Crippen molar-refractivity contribution >= 4 is 5.57 Å². The number of hydrogen-bond acceptors (Lipinski definition) is 2. The highest BCUT2D eigenvalue weighted by Gasteiger charge is 2.07. The summed E-state index contributed by atoms with van der Waals surface area (Å²) < 4.78 is 0. The summed E-state index contributed by atoms with van der Waals surface area (Å²) >= 11 is 0. The van der Waals surface area contributed by atoms with Crippen LogP contribution < -0.4 is 5.73 Å². The Morgan fingerprint density at radius 1 is 1.27 bits per heavy atom. The minimum Gasteiger partial charge on any atom is -0.379 e. The van der Waals surface area contributed by atoms with Gasteiger partial charge in [0.25, 0.3) is 0 Å². The topological polar surface area (TPSA) is 29.3 Å². The number of likely N-dealkylation sites (N-methyl/N-ethyl adjacent to an activating group) is 1. The van der Waals surface area contributed by atoms with E-state index in [-0.39, 0.29) is 6.04 Å². The zero-order valence-corrected chi connectivity index (χ0v) is 8.93. The molecule has 1 unspecified atom stereocenters. The highest BCUT2D eigenvalue weighted by atomic mass is 15.1. The van der Waals surface area contributed by atoms with Crippen molar-refractivity contribution in [2.75, 3.05) is 13.6 Å². The van der Waals surface area contributed by atoms with Gasteiger partial charge in [0.05, 0.1) is 0 Å². The first-order valence-corrected chi connectivity index (χ1v) is 5.17. The third kappa shape index (κ3) is 2.48. The number of allylic oxidation sites excluding steroid dienone is 2. The molecule has 0 saturated carbocycles. The molecule has 1 aromatic rings. The predicted octanol–water partition coefficient (Wildman–Crippen LogP) is 1.86. The van der Waals surface area contributed by atoms with E-state index in [1.165, 1.54) is 11.1 Å². The summed E-state index contributed by atoms with van der Waals surface area (Å²) in [6.07, 6.45) is 6.31. The summed E-state index contributed by atoms with van der Waals surface area (Å²) in [5, 5.41) is 0. The number of nitrogens with two attached hydrogens (primary N) is 1. The lowest BCUT2D eigenvalue weighted by molar-refractivity contribution is 0.441. The zero-order chi connectivity index (χ0) is 10.7. The maximum atomic E-state index is 5.99. The van der Waals surface area contributed by atoms with E-state index in [2.05, 4.69) is 35.4 Å². The molecule has 0 fully saturated rings. The first-order valence-electron chi connectivity index (χ1n) is 5.17. The van der Waals surface area contributed by atoms with Gasteiger partial charge >= 0.3 is 0 Å². The summed E-state index contributed by atoms with van der Waals surface area (Å²) in [6.45, 7) is 0.868. The third-order valence-corrected chi connectivity index (χ3v) is 2.51. The van der Waals surface area contributed by atoms with E-state index >= 15 is 0 Å². The monoisotopic (exact) mass is 200 g/mol. The van der Waals surface area contributed by atoms with Crippen molar-refractivity contribution in [2.24, 2.45) is 5.73 Å². The molecule has 0 amide bonds. The van der Waals surface area contributed by atoms with Gasteiger partial charge in [-0.25, -0.2) is 0 Å². The zero-order valence-electron chi connectivity index (χ0n) is 8.93. The summed E-state index contributed by atoms with van der Waals surface area (Å²) in [7, 11) is 2.04. The Hall–Kier alpha value is -1.54. The van der Waals surface area contributed by atoms with E-state index < -0.39 is 0 Å². The van der Waals surface area contributed by atoms with Crippen molar-refractivity contribution in [3.8, 4) is 0 Å². The van der Waals surface area contributed by atoms with Crippen LogP contribution in [0.4, 0.5) is 0 Å². The molecule has 1 aromatic carbocycles. The van der Waals surface area contributed by atoms with Gasteiger partial charge in [-0.15, -0.1) is 0 Å². The SMILES string of the molecule is CN1C=CC(c2ccccc2)=CC(N)C1. The Morgan fingerprint density at radius 2 is 2.00 bits per heavy atom. The van der Waals surface area contributed by atoms with Gasteiger partial charge in [0.2, 0.25) is 0 Å². The molecule has 0 spiro atoms. The van der Waals surface area contributed by atoms with Crippen LogP contribution in [0, 0.1) is 0 Å². The number of benzene rings is 1. The lowest BCUT2D eigenvalue weighted by Crippen LogP contribution is -2.29. The second kappa shape index (κ2) is 4.32. The number of nitrogens with zero attached hydrogens (tertiary/aromatic N) is 1. The molecule has 2 N–H and O–H groups in total. The van der Waals surface area contributed by atoms with Crippen LogP contribution in [0.15, 0.2) is 48.7 Å². The van der Waals surface area contributed by atoms with Gasteiger partial charge in [-0.05, 0) is 23.4 Å². The molecule has 1 atom stereocenters. The number of rotatable bonds is 1. The summed E-state index contributed by atoms with van der Waals surface area (Å²) in [5.41, 5.74) is 8.42. The average molecular weight is 200 g/mol. The van der Waals surface area contributed by atoms with Crippen molar-refractivity contribution in [1.82, 2.24) is 4.90 Å². The van der Waals surface area contributed by atoms with Gasteiger partial charge in [-0.2, -0.15) is 0 Å². The van der Waals surface area contributed by atoms with E-state index in [9.17, 15) is 0 Å². The molecule has 0 bridgehead atoms. The lowest BCUT2D eigenvalue weighted by atomic mass is 10.0. The van der Waals surface area contributed by atoms with E-state index in [4.69, 9.17) is 5.73 Å². The molecule has 78 valence electrons. The minimum absolute atomic E-state index is 0.0974. The summed E-state index contributed by atoms with van der Waals surface area (Å²) in [4.78, 5) is 2.11. The lowest BCUT2D eigenvalue weighted by Gasteiger charge is -2.14. The van der Waals surface area contributed by atoms with Crippen molar-refractivity contribution in [3.05, 3.63) is 54.2 Å². The van der Waals surface area contributed by atoms with Crippen LogP contribution in [-0.2, 0) is 0 Å². The predicted molar refractivity (Wildman–Crippen MR) is 64.2 cm³/mol. The molecule has 1 aliphatic heterocycles. The second-order valence-electron chi connectivity index (χ2n) is 3.91. The van der Waals surface area contributed by atoms with Crippen molar-refractivity contribution in [3.63, 3.8) is 0 Å². The van der Waals surface area contributed by atoms with E-state index in [0.717, 1.165) is 6.54 Å². The van der Waals surface area contributed by atoms with Crippen molar-refractivity contribution in [2.45, 2.75) is 6.04 Å². The van der Waals surface area contributed by atoms with Crippen LogP contribution in [0.3, 0.4) is 0 Å². The maximum absolute atomic E-state index is 5.99. The van der Waals surface area contributed by atoms with Gasteiger partial charge in [0.1, 0.15) is 0 Å². The Morgan fingerprint density at radius 3 is 2.73 bits per heavy atom. The van der Waals surface area contributed by atoms with Crippen LogP contribution in [0.2, 0.25) is 0 Å². The molecule has 15 heavy (non-hydrogen) atoms. The van der Waals surface area contributed by atoms with E-state index in [1.54, 1.807) is 0 Å². The fraction of sp³-hybridized carbons (Fsp3) is 0.231. The molecule has 2 nitrogen and oxygen atoms in total. The largest absolute Gasteiger partial charge is 0.379 e. The van der Waals surface area contributed by atoms with Crippen molar-refractivity contribution < 1.29 is 0 Å². The molecule has 0 radical (unpaired) electrons. The van der Waals surface area contributed by atoms with Crippen LogP contribution >= 0.6 is 0 Å². The van der Waals surface area contributed by atoms with Crippen LogP contribution in [0.1, 0.15) is 5.56 Å². The second-order valence-corrected chi connectivity index (χ2v) is 3.91. The highest BCUT2D eigenvalue weighted by Crippen LogP contribution is 2.18. The molecule has 1 aliphatic rings. The van der Waals surface area contributed by atoms with Gasteiger partial charge in [0.15, 0.2) is 0 Å². The third-order valence-electron chi connectivity index (χ3n) is 2.51. The minimum atomic E-state index is 0.0974. The number of hydrogen-bond donors (Lipinski definition) is 1. The van der Waals surface area contributed by atoms with Crippen LogP contribution in [0.25, 0.3) is 5.57 Å². The fourth-order valence-corrected chi connectivity index (χ4v) is 1.76. The molecule has 0 aromatic heterocycles. The van der Waals surface area contributed by atoms with Gasteiger partial charge in [-0.1, -0.05) is 36.4 Å². The standard InChI is InChI=1S/C13H16N2/c1-15-8-7-12(9-13(14)10-15)11-5-3-2-4-6-11/h2-9,13H,10,14H2,1H3. The fourth-order valence-electron chi connectivity index (χ4n) is 1.76. The van der Waals surface area contributed by atoms with Gasteiger partial charge in [0, 0.05) is 19.6 Å². The van der Waals surface area contributed by atoms with Crippen LogP contribution in [0.5, 0.6) is 0 Å². The molecular weight excluding hydrogens is 184 g/mol. The summed E-state index contributed by atoms with van der Waals surface area (Å²) in [6, 6.07) is 10.4. The van der Waals surface area contributed by atoms with Gasteiger partial charge in [-0.3, -0.25) is 0 Å². The van der Waals surface area contributed by atoms with Crippen molar-refractivity contribution in [1.29, 1.82) is 0 Å². The smallest absolute Gasteiger partial charge is 0.0411 e. The van der Waals surface area contributed by atoms with E-state index in [1.807, 2.05) is 25.2 Å². The molecule has 1 heterocycles. The first kappa shape index (κ1) is 9.99. The normalized spacial score (nSPS) is 21.1. The molecule has 2 rings (SSSR count). The van der Waals surface area contributed by atoms with E-state index in [0.29, 0.717) is 0 Å². The molecular formula is C13H16N2. The highest BCUT2D eigenvalue weighted by molar-refractivity contribution is 5.74. The Kier molecular flexibility index (Phi) is 2.88. The Balaban J connectivity index is 2.32. The molecule has 0 aliphatic carbocycles. The van der Waals surface area contributed by atoms with Crippen LogP contribution in [-0.4, -0.2) is 24.5 Å².